The summed E-state index contributed by atoms with van der Waals surface area (Å²) in [4.78, 5) is 24.8. The number of amides is 1. The molecule has 2 aromatic carbocycles. The number of carbonyl (C=O) groups excluding carboxylic acids is 2. The third-order valence-corrected chi connectivity index (χ3v) is 5.50. The number of benzene rings is 2. The van der Waals surface area contributed by atoms with Crippen LogP contribution in [0.15, 0.2) is 42.5 Å². The third-order valence-electron chi connectivity index (χ3n) is 4.26. The fraction of sp³-hybridized carbons (Fsp3) is 0.300. The Labute approximate surface area is 169 Å². The molecule has 2 aromatic rings. The van der Waals surface area contributed by atoms with E-state index in [1.165, 1.54) is 19.1 Å². The highest BCUT2D eigenvalue weighted by Gasteiger charge is 2.29. The average Bonchev–Trinajstić information content (AvgIpc) is 2.64. The van der Waals surface area contributed by atoms with E-state index >= 15 is 0 Å². The van der Waals surface area contributed by atoms with Crippen LogP contribution in [-0.2, 0) is 19.6 Å². The fourth-order valence-electron chi connectivity index (χ4n) is 2.84. The number of nitrogens with one attached hydrogen (secondary N) is 1. The molecule has 0 bridgehead atoms. The van der Waals surface area contributed by atoms with Crippen LogP contribution in [-0.4, -0.2) is 39.2 Å². The zero-order chi connectivity index (χ0) is 21.8. The number of ether oxygens (including phenoxy) is 1. The number of carbonyl (C=O) groups is 2. The molecular weight excluding hydrogens is 399 g/mol. The molecule has 0 aliphatic rings. The molecule has 1 N–H and O–H groups in total. The second-order valence-electron chi connectivity index (χ2n) is 6.40. The Balaban J connectivity index is 2.32. The van der Waals surface area contributed by atoms with Crippen LogP contribution in [0.5, 0.6) is 0 Å². The van der Waals surface area contributed by atoms with Gasteiger partial charge < -0.3 is 10.1 Å². The van der Waals surface area contributed by atoms with Gasteiger partial charge in [0.25, 0.3) is 0 Å². The van der Waals surface area contributed by atoms with Crippen LogP contribution < -0.4 is 9.62 Å². The topological polar surface area (TPSA) is 92.8 Å². The number of rotatable bonds is 7. The molecule has 9 heteroatoms. The summed E-state index contributed by atoms with van der Waals surface area (Å²) in [7, 11) is -3.83. The number of esters is 1. The van der Waals surface area contributed by atoms with Crippen molar-refractivity contribution in [1.82, 2.24) is 0 Å². The average molecular weight is 422 g/mol. The molecule has 1 atom stereocenters. The molecule has 0 heterocycles. The standard InChI is InChI=1S/C20H23FN2O5S/c1-5-28-20(25)17-7-6-8-18(13(17)2)22-19(24)14(3)23(29(4,26)27)16-11-9-15(21)10-12-16/h6-12,14H,5H2,1-4H3,(H,22,24). The number of halogens is 1. The Morgan fingerprint density at radius 1 is 1.17 bits per heavy atom. The molecule has 7 nitrogen and oxygen atoms in total. The molecule has 0 aliphatic carbocycles. The highest BCUT2D eigenvalue weighted by Crippen LogP contribution is 2.24. The van der Waals surface area contributed by atoms with Crippen molar-refractivity contribution in [3.8, 4) is 0 Å². The summed E-state index contributed by atoms with van der Waals surface area (Å²) in [5, 5.41) is 2.65. The van der Waals surface area contributed by atoms with Gasteiger partial charge in [-0.3, -0.25) is 9.10 Å². The lowest BCUT2D eigenvalue weighted by Gasteiger charge is -2.28. The Kier molecular flexibility index (Phi) is 6.97. The summed E-state index contributed by atoms with van der Waals surface area (Å²) in [6.07, 6.45) is 0.965. The van der Waals surface area contributed by atoms with Gasteiger partial charge in [0.15, 0.2) is 0 Å². The summed E-state index contributed by atoms with van der Waals surface area (Å²) >= 11 is 0. The first-order chi connectivity index (χ1) is 13.6. The molecule has 1 amide bonds. The normalized spacial score (nSPS) is 12.2. The summed E-state index contributed by atoms with van der Waals surface area (Å²) in [6, 6.07) is 8.45. The van der Waals surface area contributed by atoms with E-state index in [4.69, 9.17) is 4.74 Å². The molecule has 0 radical (unpaired) electrons. The highest BCUT2D eigenvalue weighted by molar-refractivity contribution is 7.92. The summed E-state index contributed by atoms with van der Waals surface area (Å²) in [5.41, 5.74) is 1.32. The quantitative estimate of drug-likeness (QED) is 0.692. The smallest absolute Gasteiger partial charge is 0.338 e. The van der Waals surface area contributed by atoms with Gasteiger partial charge >= 0.3 is 5.97 Å². The van der Waals surface area contributed by atoms with Crippen molar-refractivity contribution in [2.45, 2.75) is 26.8 Å². The molecule has 0 aliphatic heterocycles. The van der Waals surface area contributed by atoms with Crippen molar-refractivity contribution in [3.05, 3.63) is 59.4 Å². The highest BCUT2D eigenvalue weighted by atomic mass is 32.2. The first kappa shape index (κ1) is 22.4. The Morgan fingerprint density at radius 3 is 2.34 bits per heavy atom. The van der Waals surface area contributed by atoms with Gasteiger partial charge in [-0.05, 0) is 62.7 Å². The maximum atomic E-state index is 13.2. The fourth-order valence-corrected chi connectivity index (χ4v) is 4.01. The molecule has 0 saturated carbocycles. The van der Waals surface area contributed by atoms with Crippen molar-refractivity contribution in [1.29, 1.82) is 0 Å². The zero-order valence-electron chi connectivity index (χ0n) is 16.6. The van der Waals surface area contributed by atoms with Crippen LogP contribution >= 0.6 is 0 Å². The SMILES string of the molecule is CCOC(=O)c1cccc(NC(=O)C(C)N(c2ccc(F)cc2)S(C)(=O)=O)c1C. The van der Waals surface area contributed by atoms with Gasteiger partial charge in [-0.25, -0.2) is 17.6 Å². The van der Waals surface area contributed by atoms with E-state index in [-0.39, 0.29) is 12.3 Å². The van der Waals surface area contributed by atoms with Gasteiger partial charge in [-0.15, -0.1) is 0 Å². The zero-order valence-corrected chi connectivity index (χ0v) is 17.4. The van der Waals surface area contributed by atoms with Crippen LogP contribution in [0.2, 0.25) is 0 Å². The lowest BCUT2D eigenvalue weighted by molar-refractivity contribution is -0.116. The van der Waals surface area contributed by atoms with Crippen LogP contribution in [0.25, 0.3) is 0 Å². The predicted octanol–water partition coefficient (Wildman–Crippen LogP) is 3.10. The minimum absolute atomic E-state index is 0.161. The van der Waals surface area contributed by atoms with E-state index in [0.29, 0.717) is 16.8 Å². The number of hydrogen-bond acceptors (Lipinski definition) is 5. The molecule has 0 saturated heterocycles. The molecular formula is C20H23FN2O5S. The molecule has 2 rings (SSSR count). The van der Waals surface area contributed by atoms with Crippen molar-refractivity contribution in [2.75, 3.05) is 22.5 Å². The number of anilines is 2. The van der Waals surface area contributed by atoms with Crippen LogP contribution in [0, 0.1) is 12.7 Å². The maximum absolute atomic E-state index is 13.2. The largest absolute Gasteiger partial charge is 0.462 e. The van der Waals surface area contributed by atoms with Crippen LogP contribution in [0.1, 0.15) is 29.8 Å². The Morgan fingerprint density at radius 2 is 1.79 bits per heavy atom. The first-order valence-electron chi connectivity index (χ1n) is 8.88. The number of hydrogen-bond donors (Lipinski definition) is 1. The lowest BCUT2D eigenvalue weighted by atomic mass is 10.1. The molecule has 156 valence electrons. The van der Waals surface area contributed by atoms with Gasteiger partial charge in [0, 0.05) is 5.69 Å². The summed E-state index contributed by atoms with van der Waals surface area (Å²) < 4.78 is 43.7. The van der Waals surface area contributed by atoms with Gasteiger partial charge in [0.2, 0.25) is 15.9 Å². The van der Waals surface area contributed by atoms with Crippen LogP contribution in [0.4, 0.5) is 15.8 Å². The van der Waals surface area contributed by atoms with Crippen LogP contribution in [0.3, 0.4) is 0 Å². The molecule has 29 heavy (non-hydrogen) atoms. The maximum Gasteiger partial charge on any atom is 0.338 e. The molecule has 0 fully saturated rings. The molecule has 0 aromatic heterocycles. The molecule has 1 unspecified atom stereocenters. The van der Waals surface area contributed by atoms with E-state index < -0.39 is 33.8 Å². The second-order valence-corrected chi connectivity index (χ2v) is 8.26. The number of nitrogens with zero attached hydrogens (tertiary/aromatic N) is 1. The van der Waals surface area contributed by atoms with E-state index in [0.717, 1.165) is 22.7 Å². The predicted molar refractivity (Wildman–Crippen MR) is 109 cm³/mol. The van der Waals surface area contributed by atoms with E-state index in [1.54, 1.807) is 32.0 Å². The van der Waals surface area contributed by atoms with Gasteiger partial charge in [0.1, 0.15) is 11.9 Å². The number of sulfonamides is 1. The van der Waals surface area contributed by atoms with E-state index in [2.05, 4.69) is 5.32 Å². The third kappa shape index (κ3) is 5.32. The van der Waals surface area contributed by atoms with Gasteiger partial charge in [-0.2, -0.15) is 0 Å². The summed E-state index contributed by atoms with van der Waals surface area (Å²) in [6.45, 7) is 4.98. The summed E-state index contributed by atoms with van der Waals surface area (Å²) in [5.74, 6) is -1.65. The minimum atomic E-state index is -3.83. The first-order valence-corrected chi connectivity index (χ1v) is 10.7. The monoisotopic (exact) mass is 422 g/mol. The van der Waals surface area contributed by atoms with Crippen molar-refractivity contribution in [3.63, 3.8) is 0 Å². The second kappa shape index (κ2) is 9.04. The van der Waals surface area contributed by atoms with Gasteiger partial charge in [-0.1, -0.05) is 6.07 Å². The van der Waals surface area contributed by atoms with Crippen molar-refractivity contribution in [2.24, 2.45) is 0 Å². The van der Waals surface area contributed by atoms with Crippen molar-refractivity contribution < 1.29 is 27.1 Å². The van der Waals surface area contributed by atoms with E-state index in [9.17, 15) is 22.4 Å². The van der Waals surface area contributed by atoms with E-state index in [1.807, 2.05) is 0 Å². The molecule has 0 spiro atoms. The lowest BCUT2D eigenvalue weighted by Crippen LogP contribution is -2.45. The Bertz CT molecular complexity index is 1010. The minimum Gasteiger partial charge on any atom is -0.462 e. The van der Waals surface area contributed by atoms with Gasteiger partial charge in [0.05, 0.1) is 24.1 Å². The Hall–Kier alpha value is -2.94. The van der Waals surface area contributed by atoms with Crippen molar-refractivity contribution >= 4 is 33.3 Å².